The average Bonchev–Trinajstić information content (AvgIpc) is 2.66. The number of halogens is 2. The predicted molar refractivity (Wildman–Crippen MR) is 110 cm³/mol. The van der Waals surface area contributed by atoms with Gasteiger partial charge in [0.2, 0.25) is 0 Å². The van der Waals surface area contributed by atoms with Crippen molar-refractivity contribution >= 4 is 27.5 Å². The maximum atomic E-state index is 6.04. The minimum absolute atomic E-state index is 0.440. The summed E-state index contributed by atoms with van der Waals surface area (Å²) in [5.74, 6) is 1.45. The first kappa shape index (κ1) is 19.5. The quantitative estimate of drug-likeness (QED) is 0.565. The molecule has 0 heterocycles. The first-order valence-corrected chi connectivity index (χ1v) is 10.3. The molecule has 3 rings (SSSR count). The summed E-state index contributed by atoms with van der Waals surface area (Å²) in [7, 11) is 1.67. The van der Waals surface area contributed by atoms with E-state index in [1.54, 1.807) is 7.11 Å². The molecule has 1 aliphatic carbocycles. The maximum Gasteiger partial charge on any atom is 0.175 e. The van der Waals surface area contributed by atoms with Crippen LogP contribution >= 0.6 is 27.5 Å². The molecule has 0 saturated heterocycles. The van der Waals surface area contributed by atoms with Gasteiger partial charge in [0.05, 0.1) is 11.6 Å². The third-order valence-corrected chi connectivity index (χ3v) is 5.59. The Morgan fingerprint density at radius 3 is 2.65 bits per heavy atom. The van der Waals surface area contributed by atoms with E-state index < -0.39 is 0 Å². The second kappa shape index (κ2) is 9.63. The zero-order valence-corrected chi connectivity index (χ0v) is 17.4. The molecule has 1 aliphatic rings. The molecule has 140 valence electrons. The van der Waals surface area contributed by atoms with Crippen LogP contribution < -0.4 is 14.8 Å². The highest BCUT2D eigenvalue weighted by atomic mass is 79.9. The predicted octanol–water partition coefficient (Wildman–Crippen LogP) is 6.11. The van der Waals surface area contributed by atoms with Crippen LogP contribution in [0, 0.1) is 0 Å². The molecule has 3 nitrogen and oxygen atoms in total. The van der Waals surface area contributed by atoms with Crippen LogP contribution in [-0.4, -0.2) is 13.2 Å². The van der Waals surface area contributed by atoms with E-state index in [1.165, 1.54) is 37.7 Å². The van der Waals surface area contributed by atoms with Gasteiger partial charge in [-0.3, -0.25) is 0 Å². The van der Waals surface area contributed by atoms with Crippen LogP contribution in [0.4, 0.5) is 0 Å². The fourth-order valence-corrected chi connectivity index (χ4v) is 4.18. The van der Waals surface area contributed by atoms with E-state index in [4.69, 9.17) is 21.1 Å². The van der Waals surface area contributed by atoms with E-state index in [-0.39, 0.29) is 0 Å². The summed E-state index contributed by atoms with van der Waals surface area (Å²) >= 11 is 9.67. The molecule has 5 heteroatoms. The zero-order valence-electron chi connectivity index (χ0n) is 15.1. The molecular formula is C21H25BrClNO2. The van der Waals surface area contributed by atoms with Gasteiger partial charge in [-0.2, -0.15) is 0 Å². The average molecular weight is 439 g/mol. The smallest absolute Gasteiger partial charge is 0.175 e. The van der Waals surface area contributed by atoms with Crippen molar-refractivity contribution in [3.8, 4) is 11.5 Å². The summed E-state index contributed by atoms with van der Waals surface area (Å²) < 4.78 is 12.5. The first-order chi connectivity index (χ1) is 12.7. The highest BCUT2D eigenvalue weighted by molar-refractivity contribution is 9.10. The van der Waals surface area contributed by atoms with E-state index in [1.807, 2.05) is 30.3 Å². The topological polar surface area (TPSA) is 30.5 Å². The lowest BCUT2D eigenvalue weighted by atomic mass is 9.95. The number of rotatable bonds is 7. The Kier molecular flexibility index (Phi) is 7.23. The van der Waals surface area contributed by atoms with E-state index in [2.05, 4.69) is 27.3 Å². The second-order valence-corrected chi connectivity index (χ2v) is 8.03. The number of hydrogen-bond donors (Lipinski definition) is 1. The highest BCUT2D eigenvalue weighted by Gasteiger charge is 2.15. The second-order valence-electron chi connectivity index (χ2n) is 6.74. The minimum Gasteiger partial charge on any atom is -0.493 e. The molecule has 0 radical (unpaired) electrons. The molecule has 0 aliphatic heterocycles. The van der Waals surface area contributed by atoms with Crippen LogP contribution in [0.2, 0.25) is 5.02 Å². The van der Waals surface area contributed by atoms with Crippen LogP contribution in [0.15, 0.2) is 40.9 Å². The number of benzene rings is 2. The fraction of sp³-hybridized carbons (Fsp3) is 0.429. The van der Waals surface area contributed by atoms with E-state index in [9.17, 15) is 0 Å². The van der Waals surface area contributed by atoms with Gasteiger partial charge in [-0.15, -0.1) is 0 Å². The van der Waals surface area contributed by atoms with Gasteiger partial charge in [0, 0.05) is 17.6 Å². The minimum atomic E-state index is 0.440. The highest BCUT2D eigenvalue weighted by Crippen LogP contribution is 2.37. The Balaban J connectivity index is 1.66. The lowest BCUT2D eigenvalue weighted by molar-refractivity contribution is 0.282. The van der Waals surface area contributed by atoms with Crippen LogP contribution in [0.1, 0.15) is 43.2 Å². The number of ether oxygens (including phenoxy) is 2. The van der Waals surface area contributed by atoms with Crippen molar-refractivity contribution in [2.45, 2.75) is 51.3 Å². The maximum absolute atomic E-state index is 6.04. The van der Waals surface area contributed by atoms with Crippen LogP contribution in [0.5, 0.6) is 11.5 Å². The van der Waals surface area contributed by atoms with Gasteiger partial charge in [-0.05, 0) is 64.2 Å². The van der Waals surface area contributed by atoms with Crippen molar-refractivity contribution < 1.29 is 9.47 Å². The molecule has 0 spiro atoms. The normalized spacial score (nSPS) is 15.0. The molecular weight excluding hydrogens is 414 g/mol. The number of nitrogens with one attached hydrogen (secondary N) is 1. The van der Waals surface area contributed by atoms with E-state index in [0.29, 0.717) is 23.4 Å². The molecule has 0 atom stereocenters. The van der Waals surface area contributed by atoms with Crippen LogP contribution in [0.3, 0.4) is 0 Å². The van der Waals surface area contributed by atoms with Crippen molar-refractivity contribution in [1.82, 2.24) is 5.32 Å². The van der Waals surface area contributed by atoms with Crippen molar-refractivity contribution in [1.29, 1.82) is 0 Å². The third-order valence-electron chi connectivity index (χ3n) is 4.76. The Hall–Kier alpha value is -1.23. The van der Waals surface area contributed by atoms with Gasteiger partial charge in [-0.1, -0.05) is 43.0 Å². The first-order valence-electron chi connectivity index (χ1n) is 9.13. The molecule has 26 heavy (non-hydrogen) atoms. The molecule has 0 amide bonds. The lowest BCUT2D eigenvalue weighted by Gasteiger charge is -2.23. The van der Waals surface area contributed by atoms with Crippen molar-refractivity contribution in [3.05, 3.63) is 57.0 Å². The van der Waals surface area contributed by atoms with Crippen molar-refractivity contribution in [2.24, 2.45) is 0 Å². The summed E-state index contributed by atoms with van der Waals surface area (Å²) in [6.45, 7) is 1.28. The Labute approximate surface area is 169 Å². The van der Waals surface area contributed by atoms with Gasteiger partial charge in [-0.25, -0.2) is 0 Å². The summed E-state index contributed by atoms with van der Waals surface area (Å²) in [6, 6.07) is 12.5. The largest absolute Gasteiger partial charge is 0.493 e. The lowest BCUT2D eigenvalue weighted by Crippen LogP contribution is -2.30. The molecule has 0 bridgehead atoms. The Bertz CT molecular complexity index is 732. The molecule has 0 unspecified atom stereocenters. The van der Waals surface area contributed by atoms with Gasteiger partial charge in [0.15, 0.2) is 11.5 Å². The monoisotopic (exact) mass is 437 g/mol. The van der Waals surface area contributed by atoms with Crippen molar-refractivity contribution in [2.75, 3.05) is 7.11 Å². The molecule has 1 fully saturated rings. The van der Waals surface area contributed by atoms with Crippen molar-refractivity contribution in [3.63, 3.8) is 0 Å². The van der Waals surface area contributed by atoms with E-state index >= 15 is 0 Å². The summed E-state index contributed by atoms with van der Waals surface area (Å²) in [6.07, 6.45) is 6.59. The Morgan fingerprint density at radius 2 is 1.92 bits per heavy atom. The fourth-order valence-electron chi connectivity index (χ4n) is 3.37. The van der Waals surface area contributed by atoms with Gasteiger partial charge < -0.3 is 14.8 Å². The van der Waals surface area contributed by atoms with Crippen LogP contribution in [-0.2, 0) is 13.2 Å². The number of hydrogen-bond acceptors (Lipinski definition) is 3. The zero-order chi connectivity index (χ0) is 18.4. The Morgan fingerprint density at radius 1 is 1.12 bits per heavy atom. The van der Waals surface area contributed by atoms with E-state index in [0.717, 1.165) is 22.3 Å². The molecule has 0 aromatic heterocycles. The molecule has 1 saturated carbocycles. The SMILES string of the molecule is COc1cc(CNC2CCCCC2)cc(Br)c1OCc1cccc(Cl)c1. The molecule has 2 aromatic rings. The standard InChI is InChI=1S/C21H25BrClNO2/c1-25-20-12-16(13-24-18-8-3-2-4-9-18)11-19(22)21(20)26-14-15-6-5-7-17(23)10-15/h5-7,10-12,18,24H,2-4,8-9,13-14H2,1H3. The van der Waals surface area contributed by atoms with Gasteiger partial charge in [0.25, 0.3) is 0 Å². The van der Waals surface area contributed by atoms with Gasteiger partial charge >= 0.3 is 0 Å². The molecule has 2 aromatic carbocycles. The van der Waals surface area contributed by atoms with Gasteiger partial charge in [0.1, 0.15) is 6.61 Å². The number of methoxy groups -OCH3 is 1. The summed E-state index contributed by atoms with van der Waals surface area (Å²) in [5, 5.41) is 4.38. The summed E-state index contributed by atoms with van der Waals surface area (Å²) in [5.41, 5.74) is 2.21. The van der Waals surface area contributed by atoms with Crippen LogP contribution in [0.25, 0.3) is 0 Å². The molecule has 1 N–H and O–H groups in total. The third kappa shape index (κ3) is 5.38. The summed E-state index contributed by atoms with van der Waals surface area (Å²) in [4.78, 5) is 0.